The van der Waals surface area contributed by atoms with E-state index < -0.39 is 0 Å². The van der Waals surface area contributed by atoms with Crippen molar-refractivity contribution >= 4 is 12.0 Å². The zero-order valence-electron chi connectivity index (χ0n) is 12.0. The fourth-order valence-corrected chi connectivity index (χ4v) is 1.86. The lowest BCUT2D eigenvalue weighted by atomic mass is 10.2. The van der Waals surface area contributed by atoms with Crippen LogP contribution in [-0.2, 0) is 4.74 Å². The van der Waals surface area contributed by atoms with Crippen LogP contribution in [0.15, 0.2) is 60.7 Å². The molecule has 21 heavy (non-hydrogen) atoms. The molecule has 0 aliphatic heterocycles. The Hall–Kier alpha value is -2.55. The van der Waals surface area contributed by atoms with Crippen molar-refractivity contribution < 1.29 is 14.3 Å². The summed E-state index contributed by atoms with van der Waals surface area (Å²) in [6.45, 7) is 2.52. The molecule has 0 aliphatic carbocycles. The normalized spacial score (nSPS) is 10.5. The van der Waals surface area contributed by atoms with Crippen molar-refractivity contribution in [3.05, 3.63) is 71.8 Å². The Kier molecular flexibility index (Phi) is 5.59. The van der Waals surface area contributed by atoms with E-state index in [1.165, 1.54) is 0 Å². The van der Waals surface area contributed by atoms with Gasteiger partial charge in [0.25, 0.3) is 0 Å². The quantitative estimate of drug-likeness (QED) is 0.752. The maximum Gasteiger partial charge on any atom is 0.341 e. The Morgan fingerprint density at radius 3 is 2.52 bits per heavy atom. The maximum atomic E-state index is 11.8. The van der Waals surface area contributed by atoms with Crippen LogP contribution in [0.1, 0.15) is 22.8 Å². The smallest absolute Gasteiger partial charge is 0.341 e. The molecule has 2 aromatic carbocycles. The first-order chi connectivity index (χ1) is 10.3. The Morgan fingerprint density at radius 2 is 1.76 bits per heavy atom. The summed E-state index contributed by atoms with van der Waals surface area (Å²) in [6, 6.07) is 17.1. The number of hydrogen-bond acceptors (Lipinski definition) is 3. The van der Waals surface area contributed by atoms with Gasteiger partial charge in [0.15, 0.2) is 0 Å². The monoisotopic (exact) mass is 282 g/mol. The first-order valence-electron chi connectivity index (χ1n) is 6.92. The van der Waals surface area contributed by atoms with Crippen molar-refractivity contribution in [2.75, 3.05) is 13.2 Å². The molecule has 0 saturated carbocycles. The number of para-hydroxylation sites is 1. The summed E-state index contributed by atoms with van der Waals surface area (Å²) in [5, 5.41) is 0. The summed E-state index contributed by atoms with van der Waals surface area (Å²) < 4.78 is 10.6. The topological polar surface area (TPSA) is 35.5 Å². The van der Waals surface area contributed by atoms with Crippen LogP contribution in [0.2, 0.25) is 0 Å². The van der Waals surface area contributed by atoms with Gasteiger partial charge in [-0.3, -0.25) is 0 Å². The highest BCUT2D eigenvalue weighted by atomic mass is 16.5. The van der Waals surface area contributed by atoms with Gasteiger partial charge >= 0.3 is 5.97 Å². The van der Waals surface area contributed by atoms with Crippen LogP contribution < -0.4 is 4.74 Å². The van der Waals surface area contributed by atoms with Crippen molar-refractivity contribution in [1.29, 1.82) is 0 Å². The zero-order valence-corrected chi connectivity index (χ0v) is 12.0. The molecular weight excluding hydrogens is 264 g/mol. The van der Waals surface area contributed by atoms with E-state index in [0.29, 0.717) is 24.5 Å². The summed E-state index contributed by atoms with van der Waals surface area (Å²) in [7, 11) is 0. The van der Waals surface area contributed by atoms with E-state index in [4.69, 9.17) is 9.47 Å². The maximum absolute atomic E-state index is 11.8. The van der Waals surface area contributed by atoms with Crippen LogP contribution in [0.5, 0.6) is 5.75 Å². The van der Waals surface area contributed by atoms with Gasteiger partial charge in [-0.15, -0.1) is 0 Å². The van der Waals surface area contributed by atoms with Gasteiger partial charge in [-0.25, -0.2) is 4.79 Å². The molecule has 0 N–H and O–H groups in total. The van der Waals surface area contributed by atoms with Crippen molar-refractivity contribution in [2.24, 2.45) is 0 Å². The second-order valence-electron chi connectivity index (χ2n) is 4.34. The molecule has 3 heteroatoms. The molecule has 0 aromatic heterocycles. The molecule has 108 valence electrons. The first kappa shape index (κ1) is 14.9. The van der Waals surface area contributed by atoms with Crippen LogP contribution in [0.25, 0.3) is 6.08 Å². The largest absolute Gasteiger partial charge is 0.489 e. The fraction of sp³-hybridized carbons (Fsp3) is 0.167. The Morgan fingerprint density at radius 1 is 1.05 bits per heavy atom. The summed E-state index contributed by atoms with van der Waals surface area (Å²) in [5.74, 6) is 0.175. The standard InChI is InChI=1S/C18H18O3/c1-2-20-18(19)16-12-6-7-13-17(16)21-14-8-11-15-9-4-3-5-10-15/h3-13H,2,14H2,1H3/b11-8+. The highest BCUT2D eigenvalue weighted by Gasteiger charge is 2.12. The highest BCUT2D eigenvalue weighted by molar-refractivity contribution is 5.92. The molecule has 0 fully saturated rings. The molecule has 0 radical (unpaired) electrons. The van der Waals surface area contributed by atoms with Gasteiger partial charge in [0.05, 0.1) is 6.61 Å². The molecule has 0 unspecified atom stereocenters. The molecular formula is C18H18O3. The van der Waals surface area contributed by atoms with Crippen LogP contribution in [0.3, 0.4) is 0 Å². The van der Waals surface area contributed by atoms with Crippen molar-refractivity contribution in [1.82, 2.24) is 0 Å². The third kappa shape index (κ3) is 4.49. The lowest BCUT2D eigenvalue weighted by Crippen LogP contribution is -2.07. The lowest BCUT2D eigenvalue weighted by molar-refractivity contribution is 0.0522. The van der Waals surface area contributed by atoms with Crippen molar-refractivity contribution in [3.63, 3.8) is 0 Å². The molecule has 0 saturated heterocycles. The van der Waals surface area contributed by atoms with E-state index in [0.717, 1.165) is 5.56 Å². The first-order valence-corrected chi connectivity index (χ1v) is 6.92. The van der Waals surface area contributed by atoms with Gasteiger partial charge in [0.1, 0.15) is 17.9 Å². The van der Waals surface area contributed by atoms with Gasteiger partial charge < -0.3 is 9.47 Å². The van der Waals surface area contributed by atoms with E-state index in [-0.39, 0.29) is 5.97 Å². The molecule has 0 amide bonds. The van der Waals surface area contributed by atoms with Crippen LogP contribution in [-0.4, -0.2) is 19.2 Å². The minimum Gasteiger partial charge on any atom is -0.489 e. The van der Waals surface area contributed by atoms with Crippen molar-refractivity contribution in [2.45, 2.75) is 6.92 Å². The van der Waals surface area contributed by atoms with Crippen LogP contribution >= 0.6 is 0 Å². The van der Waals surface area contributed by atoms with Crippen LogP contribution in [0, 0.1) is 0 Å². The van der Waals surface area contributed by atoms with E-state index in [2.05, 4.69) is 0 Å². The third-order valence-corrected chi connectivity index (χ3v) is 2.83. The highest BCUT2D eigenvalue weighted by Crippen LogP contribution is 2.19. The van der Waals surface area contributed by atoms with Gasteiger partial charge in [0, 0.05) is 0 Å². The van der Waals surface area contributed by atoms with E-state index >= 15 is 0 Å². The third-order valence-electron chi connectivity index (χ3n) is 2.83. The summed E-state index contributed by atoms with van der Waals surface area (Å²) in [6.07, 6.45) is 3.89. The van der Waals surface area contributed by atoms with Gasteiger partial charge in [-0.2, -0.15) is 0 Å². The average Bonchev–Trinajstić information content (AvgIpc) is 2.53. The molecule has 2 rings (SSSR count). The second-order valence-corrected chi connectivity index (χ2v) is 4.34. The minimum atomic E-state index is -0.361. The number of ether oxygens (including phenoxy) is 2. The van der Waals surface area contributed by atoms with E-state index in [1.54, 1.807) is 25.1 Å². The van der Waals surface area contributed by atoms with Gasteiger partial charge in [0.2, 0.25) is 0 Å². The molecule has 3 nitrogen and oxygen atoms in total. The molecule has 0 spiro atoms. The Balaban J connectivity index is 1.97. The predicted octanol–water partition coefficient (Wildman–Crippen LogP) is 3.96. The number of carbonyl (C=O) groups is 1. The summed E-state index contributed by atoms with van der Waals surface area (Å²) in [4.78, 5) is 11.8. The SMILES string of the molecule is CCOC(=O)c1ccccc1OC/C=C/c1ccccc1. The van der Waals surface area contributed by atoms with Gasteiger partial charge in [-0.1, -0.05) is 48.5 Å². The summed E-state index contributed by atoms with van der Waals surface area (Å²) >= 11 is 0. The number of carbonyl (C=O) groups excluding carboxylic acids is 1. The van der Waals surface area contributed by atoms with Gasteiger partial charge in [-0.05, 0) is 30.7 Å². The lowest BCUT2D eigenvalue weighted by Gasteiger charge is -2.08. The Labute approximate surface area is 124 Å². The fourth-order valence-electron chi connectivity index (χ4n) is 1.86. The van der Waals surface area contributed by atoms with E-state index in [9.17, 15) is 4.79 Å². The second kappa shape index (κ2) is 7.90. The molecule has 0 aliphatic rings. The number of benzene rings is 2. The predicted molar refractivity (Wildman–Crippen MR) is 83.4 cm³/mol. The zero-order chi connectivity index (χ0) is 14.9. The number of hydrogen-bond donors (Lipinski definition) is 0. The average molecular weight is 282 g/mol. The molecule has 0 atom stereocenters. The number of rotatable bonds is 6. The van der Waals surface area contributed by atoms with Crippen LogP contribution in [0.4, 0.5) is 0 Å². The minimum absolute atomic E-state index is 0.348. The van der Waals surface area contributed by atoms with E-state index in [1.807, 2.05) is 48.6 Å². The summed E-state index contributed by atoms with van der Waals surface area (Å²) in [5.41, 5.74) is 1.56. The molecule has 0 bridgehead atoms. The Bertz CT molecular complexity index is 603. The molecule has 2 aromatic rings. The molecule has 0 heterocycles. The van der Waals surface area contributed by atoms with Crippen molar-refractivity contribution in [3.8, 4) is 5.75 Å². The number of esters is 1.